The van der Waals surface area contributed by atoms with E-state index < -0.39 is 23.3 Å². The average Bonchev–Trinajstić information content (AvgIpc) is 1.98. The van der Waals surface area contributed by atoms with Gasteiger partial charge in [0.1, 0.15) is 0 Å². The summed E-state index contributed by atoms with van der Waals surface area (Å²) >= 11 is 5.19. The fraction of sp³-hybridized carbons (Fsp3) is 0.167. The Labute approximate surface area is 70.9 Å². The molecule has 0 amide bonds. The van der Waals surface area contributed by atoms with Crippen molar-refractivity contribution in [2.24, 2.45) is 0 Å². The molecule has 0 radical (unpaired) electrons. The van der Waals surface area contributed by atoms with E-state index in [1.807, 2.05) is 0 Å². The second kappa shape index (κ2) is 3.62. The maximum atomic E-state index is 12.7. The molecule has 1 aromatic rings. The van der Waals surface area contributed by atoms with Crippen LogP contribution in [0.5, 0.6) is 5.75 Å². The van der Waals surface area contributed by atoms with Crippen LogP contribution in [0.2, 0.25) is 5.15 Å². The number of alkyl halides is 2. The predicted molar refractivity (Wildman–Crippen MR) is 35.8 cm³/mol. The van der Waals surface area contributed by atoms with Crippen molar-refractivity contribution in [1.29, 1.82) is 0 Å². The van der Waals surface area contributed by atoms with E-state index in [9.17, 15) is 13.2 Å². The van der Waals surface area contributed by atoms with Crippen molar-refractivity contribution in [2.45, 2.75) is 6.61 Å². The summed E-state index contributed by atoms with van der Waals surface area (Å²) in [5, 5.41) is -0.492. The Kier molecular flexibility index (Phi) is 2.75. The summed E-state index contributed by atoms with van der Waals surface area (Å²) in [7, 11) is 0. The zero-order valence-electron chi connectivity index (χ0n) is 5.60. The fourth-order valence-electron chi connectivity index (χ4n) is 0.589. The first-order chi connectivity index (χ1) is 5.61. The number of aromatic nitrogens is 1. The number of hydrogen-bond acceptors (Lipinski definition) is 2. The molecule has 0 aliphatic carbocycles. The lowest BCUT2D eigenvalue weighted by Crippen LogP contribution is -2.04. The van der Waals surface area contributed by atoms with Crippen LogP contribution in [0.1, 0.15) is 0 Å². The summed E-state index contributed by atoms with van der Waals surface area (Å²) in [6, 6.07) is 0.966. The number of halogens is 4. The topological polar surface area (TPSA) is 22.1 Å². The van der Waals surface area contributed by atoms with Gasteiger partial charge in [-0.1, -0.05) is 11.6 Å². The molecule has 1 heterocycles. The normalized spacial score (nSPS) is 10.4. The lowest BCUT2D eigenvalue weighted by molar-refractivity contribution is -0.0522. The molecule has 1 rings (SSSR count). The van der Waals surface area contributed by atoms with Crippen LogP contribution in [0.25, 0.3) is 0 Å². The van der Waals surface area contributed by atoms with Crippen molar-refractivity contribution >= 4 is 11.6 Å². The van der Waals surface area contributed by atoms with E-state index in [1.165, 1.54) is 0 Å². The molecule has 66 valence electrons. The molecule has 0 aromatic carbocycles. The van der Waals surface area contributed by atoms with Crippen LogP contribution in [0.15, 0.2) is 12.3 Å². The minimum Gasteiger partial charge on any atom is -0.432 e. The molecular weight excluding hydrogens is 195 g/mol. The van der Waals surface area contributed by atoms with E-state index in [1.54, 1.807) is 0 Å². The molecule has 0 aliphatic heterocycles. The summed E-state index contributed by atoms with van der Waals surface area (Å²) in [6.07, 6.45) is 1.07. The minimum absolute atomic E-state index is 0.492. The van der Waals surface area contributed by atoms with Crippen LogP contribution in [-0.4, -0.2) is 11.6 Å². The van der Waals surface area contributed by atoms with Gasteiger partial charge >= 0.3 is 6.61 Å². The third-order valence-electron chi connectivity index (χ3n) is 1.03. The molecule has 0 saturated heterocycles. The number of pyridine rings is 1. The number of hydrogen-bond donors (Lipinski definition) is 0. The Balaban J connectivity index is 2.92. The van der Waals surface area contributed by atoms with Gasteiger partial charge in [0.2, 0.25) is 5.82 Å². The zero-order chi connectivity index (χ0) is 9.14. The van der Waals surface area contributed by atoms with Gasteiger partial charge in [-0.25, -0.2) is 4.98 Å². The third-order valence-corrected chi connectivity index (χ3v) is 1.29. The summed E-state index contributed by atoms with van der Waals surface area (Å²) < 4.78 is 39.7. The first-order valence-electron chi connectivity index (χ1n) is 2.86. The van der Waals surface area contributed by atoms with Gasteiger partial charge in [0.25, 0.3) is 0 Å². The molecule has 0 spiro atoms. The molecule has 0 N–H and O–H groups in total. The van der Waals surface area contributed by atoms with Crippen LogP contribution < -0.4 is 4.74 Å². The van der Waals surface area contributed by atoms with E-state index in [2.05, 4.69) is 9.72 Å². The lowest BCUT2D eigenvalue weighted by Gasteiger charge is -2.04. The zero-order valence-corrected chi connectivity index (χ0v) is 6.36. The number of rotatable bonds is 2. The maximum absolute atomic E-state index is 12.7. The first kappa shape index (κ1) is 9.12. The van der Waals surface area contributed by atoms with E-state index in [0.717, 1.165) is 12.3 Å². The van der Waals surface area contributed by atoms with Crippen molar-refractivity contribution < 1.29 is 17.9 Å². The number of ether oxygens (including phenoxy) is 1. The van der Waals surface area contributed by atoms with E-state index in [4.69, 9.17) is 11.6 Å². The van der Waals surface area contributed by atoms with E-state index in [-0.39, 0.29) is 0 Å². The Hall–Kier alpha value is -0.970. The summed E-state index contributed by atoms with van der Waals surface area (Å²) in [6.45, 7) is -3.07. The third kappa shape index (κ3) is 2.01. The van der Waals surface area contributed by atoms with Gasteiger partial charge < -0.3 is 4.74 Å². The lowest BCUT2D eigenvalue weighted by atomic mass is 10.4. The van der Waals surface area contributed by atoms with Gasteiger partial charge in [0, 0.05) is 12.3 Å². The largest absolute Gasteiger partial charge is 0.432 e. The van der Waals surface area contributed by atoms with Gasteiger partial charge in [-0.15, -0.1) is 0 Å². The summed E-state index contributed by atoms with van der Waals surface area (Å²) in [5.41, 5.74) is 0. The van der Waals surface area contributed by atoms with E-state index in [0.29, 0.717) is 0 Å². The monoisotopic (exact) mass is 197 g/mol. The molecule has 0 atom stereocenters. The minimum atomic E-state index is -3.07. The molecule has 0 bridgehead atoms. The van der Waals surface area contributed by atoms with E-state index >= 15 is 0 Å². The Morgan fingerprint density at radius 3 is 2.75 bits per heavy atom. The first-order valence-corrected chi connectivity index (χ1v) is 3.24. The van der Waals surface area contributed by atoms with Gasteiger partial charge in [0.05, 0.1) is 0 Å². The molecule has 1 aromatic heterocycles. The number of nitrogens with zero attached hydrogens (tertiary/aromatic N) is 1. The van der Waals surface area contributed by atoms with Gasteiger partial charge in [-0.05, 0) is 0 Å². The van der Waals surface area contributed by atoms with Crippen LogP contribution in [0.3, 0.4) is 0 Å². The predicted octanol–water partition coefficient (Wildman–Crippen LogP) is 2.48. The van der Waals surface area contributed by atoms with Gasteiger partial charge in [-0.3, -0.25) is 0 Å². The van der Waals surface area contributed by atoms with Gasteiger partial charge in [-0.2, -0.15) is 13.2 Å². The smallest absolute Gasteiger partial charge is 0.387 e. The molecular formula is C6H3ClF3NO. The van der Waals surface area contributed by atoms with Crippen molar-refractivity contribution in [3.05, 3.63) is 23.2 Å². The molecule has 0 fully saturated rings. The molecule has 2 nitrogen and oxygen atoms in total. The second-order valence-electron chi connectivity index (χ2n) is 1.79. The summed E-state index contributed by atoms with van der Waals surface area (Å²) in [5.74, 6) is -1.69. The Bertz CT molecular complexity index is 281. The Morgan fingerprint density at radius 2 is 2.17 bits per heavy atom. The Morgan fingerprint density at radius 1 is 1.50 bits per heavy atom. The van der Waals surface area contributed by atoms with Crippen LogP contribution in [0, 0.1) is 5.82 Å². The summed E-state index contributed by atoms with van der Waals surface area (Å²) in [4.78, 5) is 3.31. The molecule has 0 aliphatic rings. The van der Waals surface area contributed by atoms with Crippen LogP contribution >= 0.6 is 11.6 Å². The highest BCUT2D eigenvalue weighted by atomic mass is 35.5. The molecule has 0 saturated carbocycles. The second-order valence-corrected chi connectivity index (χ2v) is 2.15. The fourth-order valence-corrected chi connectivity index (χ4v) is 0.738. The highest BCUT2D eigenvalue weighted by molar-refractivity contribution is 6.29. The van der Waals surface area contributed by atoms with Crippen molar-refractivity contribution in [1.82, 2.24) is 4.98 Å². The maximum Gasteiger partial charge on any atom is 0.387 e. The molecule has 6 heteroatoms. The van der Waals surface area contributed by atoms with Gasteiger partial charge in [0.15, 0.2) is 10.9 Å². The highest BCUT2D eigenvalue weighted by Crippen LogP contribution is 2.22. The SMILES string of the molecule is Fc1c(OC(F)F)ccnc1Cl. The molecule has 0 unspecified atom stereocenters. The quantitative estimate of drug-likeness (QED) is 0.680. The van der Waals surface area contributed by atoms with Crippen LogP contribution in [-0.2, 0) is 0 Å². The van der Waals surface area contributed by atoms with Crippen molar-refractivity contribution in [3.63, 3.8) is 0 Å². The standard InChI is InChI=1S/C6H3ClF3NO/c7-5-4(8)3(1-2-11-5)12-6(9)10/h1-2,6H. The highest BCUT2D eigenvalue weighted by Gasteiger charge is 2.12. The van der Waals surface area contributed by atoms with Crippen molar-refractivity contribution in [3.8, 4) is 5.75 Å². The average molecular weight is 198 g/mol. The molecule has 12 heavy (non-hydrogen) atoms. The van der Waals surface area contributed by atoms with Crippen molar-refractivity contribution in [2.75, 3.05) is 0 Å². The van der Waals surface area contributed by atoms with Crippen LogP contribution in [0.4, 0.5) is 13.2 Å².